The lowest BCUT2D eigenvalue weighted by molar-refractivity contribution is 0.572. The van der Waals surface area contributed by atoms with Gasteiger partial charge in [0.15, 0.2) is 0 Å². The Bertz CT molecular complexity index is 432. The molecule has 4 nitrogen and oxygen atoms in total. The second-order valence-electron chi connectivity index (χ2n) is 4.01. The van der Waals surface area contributed by atoms with Gasteiger partial charge >= 0.3 is 0 Å². The smallest absolute Gasteiger partial charge is 0.144 e. The number of allylic oxidation sites excluding steroid dienone is 2. The molecule has 0 aromatic rings. The summed E-state index contributed by atoms with van der Waals surface area (Å²) < 4.78 is 0. The number of rotatable bonds is 7. The predicted octanol–water partition coefficient (Wildman–Crippen LogP) is 3.35. The summed E-state index contributed by atoms with van der Waals surface area (Å²) in [6.07, 6.45) is 5.82. The van der Waals surface area contributed by atoms with E-state index < -0.39 is 5.92 Å². The molecule has 0 aliphatic heterocycles. The molecule has 0 saturated carbocycles. The minimum absolute atomic E-state index is 0.0120. The second-order valence-corrected chi connectivity index (χ2v) is 4.01. The van der Waals surface area contributed by atoms with Crippen LogP contribution < -0.4 is 0 Å². The SMILES string of the molecule is CCCCCCCC(C#N)C(C#N)=C(C#N)C#N. The van der Waals surface area contributed by atoms with Crippen molar-refractivity contribution in [2.45, 2.75) is 45.4 Å². The molecular weight excluding hydrogens is 224 g/mol. The lowest BCUT2D eigenvalue weighted by Crippen LogP contribution is -2.03. The van der Waals surface area contributed by atoms with Gasteiger partial charge in [-0.05, 0) is 6.42 Å². The molecule has 0 spiro atoms. The van der Waals surface area contributed by atoms with E-state index in [1.165, 1.54) is 6.42 Å². The van der Waals surface area contributed by atoms with E-state index >= 15 is 0 Å². The topological polar surface area (TPSA) is 95.2 Å². The van der Waals surface area contributed by atoms with Crippen LogP contribution in [-0.4, -0.2) is 0 Å². The van der Waals surface area contributed by atoms with Crippen molar-refractivity contribution in [3.05, 3.63) is 11.1 Å². The molecule has 0 aliphatic rings. The van der Waals surface area contributed by atoms with Crippen molar-refractivity contribution in [1.29, 1.82) is 21.0 Å². The number of hydrogen-bond acceptors (Lipinski definition) is 4. The van der Waals surface area contributed by atoms with Crippen molar-refractivity contribution < 1.29 is 0 Å². The molecule has 0 aliphatic carbocycles. The molecule has 0 aromatic heterocycles. The summed E-state index contributed by atoms with van der Waals surface area (Å²) >= 11 is 0. The Morgan fingerprint density at radius 2 is 1.50 bits per heavy atom. The minimum Gasteiger partial charge on any atom is -0.198 e. The van der Waals surface area contributed by atoms with Crippen molar-refractivity contribution in [1.82, 2.24) is 0 Å². The normalized spacial score (nSPS) is 10.3. The Balaban J connectivity index is 4.57. The first-order valence-electron chi connectivity index (χ1n) is 6.09. The molecule has 0 aromatic carbocycles. The van der Waals surface area contributed by atoms with Gasteiger partial charge in [-0.15, -0.1) is 0 Å². The molecule has 0 bridgehead atoms. The van der Waals surface area contributed by atoms with Crippen LogP contribution in [0.2, 0.25) is 0 Å². The fourth-order valence-electron chi connectivity index (χ4n) is 1.68. The molecule has 4 heteroatoms. The van der Waals surface area contributed by atoms with E-state index in [0.717, 1.165) is 25.7 Å². The maximum atomic E-state index is 9.02. The van der Waals surface area contributed by atoms with E-state index in [9.17, 15) is 0 Å². The van der Waals surface area contributed by atoms with E-state index in [-0.39, 0.29) is 11.1 Å². The lowest BCUT2D eigenvalue weighted by atomic mass is 9.92. The maximum absolute atomic E-state index is 9.02. The Labute approximate surface area is 108 Å². The van der Waals surface area contributed by atoms with Gasteiger partial charge in [-0.3, -0.25) is 0 Å². The van der Waals surface area contributed by atoms with Crippen LogP contribution >= 0.6 is 0 Å². The van der Waals surface area contributed by atoms with E-state index in [2.05, 4.69) is 6.92 Å². The molecule has 1 atom stereocenters. The summed E-state index contributed by atoms with van der Waals surface area (Å²) in [5, 5.41) is 35.4. The Kier molecular flexibility index (Phi) is 8.63. The van der Waals surface area contributed by atoms with Crippen LogP contribution in [0.25, 0.3) is 0 Å². The standard InChI is InChI=1S/C14H16N4/c1-2-3-4-5-6-7-12(8-15)14(11-18)13(9-16)10-17/h12H,2-7H2,1H3. The third kappa shape index (κ3) is 5.16. The van der Waals surface area contributed by atoms with E-state index in [1.807, 2.05) is 12.1 Å². The fourth-order valence-corrected chi connectivity index (χ4v) is 1.68. The van der Waals surface area contributed by atoms with E-state index in [1.54, 1.807) is 12.1 Å². The summed E-state index contributed by atoms with van der Waals surface area (Å²) in [4.78, 5) is 0. The highest BCUT2D eigenvalue weighted by molar-refractivity contribution is 5.48. The molecule has 0 fully saturated rings. The van der Waals surface area contributed by atoms with Gasteiger partial charge in [-0.2, -0.15) is 21.0 Å². The quantitative estimate of drug-likeness (QED) is 0.503. The van der Waals surface area contributed by atoms with Crippen LogP contribution in [0, 0.1) is 51.2 Å². The molecule has 0 heterocycles. The minimum atomic E-state index is -0.633. The Morgan fingerprint density at radius 3 is 1.94 bits per heavy atom. The lowest BCUT2D eigenvalue weighted by Gasteiger charge is -2.07. The van der Waals surface area contributed by atoms with E-state index in [4.69, 9.17) is 21.0 Å². The summed E-state index contributed by atoms with van der Waals surface area (Å²) in [5.74, 6) is -0.633. The number of unbranched alkanes of at least 4 members (excludes halogenated alkanes) is 4. The van der Waals surface area contributed by atoms with Crippen LogP contribution in [-0.2, 0) is 0 Å². The highest BCUT2D eigenvalue weighted by Crippen LogP contribution is 2.21. The largest absolute Gasteiger partial charge is 0.198 e. The molecule has 0 radical (unpaired) electrons. The molecule has 0 saturated heterocycles. The molecule has 1 unspecified atom stereocenters. The average molecular weight is 240 g/mol. The molecule has 18 heavy (non-hydrogen) atoms. The molecular formula is C14H16N4. The summed E-state index contributed by atoms with van der Waals surface area (Å²) in [6, 6.07) is 7.18. The summed E-state index contributed by atoms with van der Waals surface area (Å²) in [7, 11) is 0. The third-order valence-electron chi connectivity index (χ3n) is 2.71. The van der Waals surface area contributed by atoms with Crippen LogP contribution in [0.3, 0.4) is 0 Å². The van der Waals surface area contributed by atoms with Gasteiger partial charge in [0.1, 0.15) is 17.7 Å². The van der Waals surface area contributed by atoms with Gasteiger partial charge in [0.2, 0.25) is 0 Å². The van der Waals surface area contributed by atoms with Crippen LogP contribution in [0.5, 0.6) is 0 Å². The fraction of sp³-hybridized carbons (Fsp3) is 0.571. The van der Waals surface area contributed by atoms with Crippen LogP contribution in [0.15, 0.2) is 11.1 Å². The summed E-state index contributed by atoms with van der Waals surface area (Å²) in [5.41, 5.74) is -0.226. The zero-order valence-electron chi connectivity index (χ0n) is 10.6. The third-order valence-corrected chi connectivity index (χ3v) is 2.71. The molecule has 0 rings (SSSR count). The first-order chi connectivity index (χ1) is 8.74. The molecule has 0 amide bonds. The van der Waals surface area contributed by atoms with Gasteiger partial charge in [-0.1, -0.05) is 39.0 Å². The van der Waals surface area contributed by atoms with Crippen molar-refractivity contribution in [2.75, 3.05) is 0 Å². The zero-order chi connectivity index (χ0) is 13.8. The number of nitriles is 4. The average Bonchev–Trinajstić information content (AvgIpc) is 2.41. The van der Waals surface area contributed by atoms with Gasteiger partial charge < -0.3 is 0 Å². The van der Waals surface area contributed by atoms with Gasteiger partial charge in [0.25, 0.3) is 0 Å². The molecule has 92 valence electrons. The molecule has 0 N–H and O–H groups in total. The second kappa shape index (κ2) is 9.89. The zero-order valence-corrected chi connectivity index (χ0v) is 10.6. The van der Waals surface area contributed by atoms with Crippen LogP contribution in [0.4, 0.5) is 0 Å². The van der Waals surface area contributed by atoms with Crippen molar-refractivity contribution in [3.63, 3.8) is 0 Å². The Hall–Kier alpha value is -2.30. The maximum Gasteiger partial charge on any atom is 0.144 e. The predicted molar refractivity (Wildman–Crippen MR) is 66.3 cm³/mol. The van der Waals surface area contributed by atoms with Gasteiger partial charge in [0, 0.05) is 0 Å². The monoisotopic (exact) mass is 240 g/mol. The highest BCUT2D eigenvalue weighted by atomic mass is 14.4. The highest BCUT2D eigenvalue weighted by Gasteiger charge is 2.18. The van der Waals surface area contributed by atoms with Crippen molar-refractivity contribution in [3.8, 4) is 24.3 Å². The Morgan fingerprint density at radius 1 is 0.889 bits per heavy atom. The first-order valence-corrected chi connectivity index (χ1v) is 6.09. The number of nitrogens with zero attached hydrogens (tertiary/aromatic N) is 4. The van der Waals surface area contributed by atoms with Gasteiger partial charge in [0.05, 0.1) is 23.6 Å². The number of hydrogen-bond donors (Lipinski definition) is 0. The van der Waals surface area contributed by atoms with Crippen LogP contribution in [0.1, 0.15) is 45.4 Å². The first kappa shape index (κ1) is 15.7. The van der Waals surface area contributed by atoms with Gasteiger partial charge in [-0.25, -0.2) is 0 Å². The van der Waals surface area contributed by atoms with Crippen molar-refractivity contribution in [2.24, 2.45) is 5.92 Å². The van der Waals surface area contributed by atoms with Crippen molar-refractivity contribution >= 4 is 0 Å². The summed E-state index contributed by atoms with van der Waals surface area (Å²) in [6.45, 7) is 2.13. The van der Waals surface area contributed by atoms with E-state index in [0.29, 0.717) is 6.42 Å².